The van der Waals surface area contributed by atoms with Gasteiger partial charge in [-0.15, -0.1) is 12.3 Å². The van der Waals surface area contributed by atoms with Crippen LogP contribution in [0.2, 0.25) is 0 Å². The van der Waals surface area contributed by atoms with Crippen LogP contribution in [-0.2, 0) is 11.8 Å². The summed E-state index contributed by atoms with van der Waals surface area (Å²) < 4.78 is 1.52. The molecule has 0 bridgehead atoms. The summed E-state index contributed by atoms with van der Waals surface area (Å²) in [4.78, 5) is 26.6. The molecular weight excluding hydrogens is 332 g/mol. The van der Waals surface area contributed by atoms with Crippen molar-refractivity contribution in [1.29, 1.82) is 0 Å². The topological polar surface area (TPSA) is 92.0 Å². The number of nitrogens with zero attached hydrogens (tertiary/aromatic N) is 5. The number of likely N-dealkylation sites (tertiary alicyclic amines) is 1. The van der Waals surface area contributed by atoms with E-state index in [1.807, 2.05) is 4.90 Å². The molecule has 1 aromatic rings. The second kappa shape index (κ2) is 7.68. The smallest absolute Gasteiger partial charge is 0.272 e. The van der Waals surface area contributed by atoms with Crippen molar-refractivity contribution in [3.8, 4) is 12.3 Å². The van der Waals surface area contributed by atoms with Gasteiger partial charge in [0.1, 0.15) is 5.69 Å². The van der Waals surface area contributed by atoms with Gasteiger partial charge < -0.3 is 10.2 Å². The lowest BCUT2D eigenvalue weighted by molar-refractivity contribution is -0.116. The molecule has 2 aliphatic heterocycles. The Labute approximate surface area is 153 Å². The maximum Gasteiger partial charge on any atom is 0.272 e. The number of aromatic nitrogens is 2. The molecule has 8 heteroatoms. The van der Waals surface area contributed by atoms with E-state index in [0.717, 1.165) is 32.4 Å². The third kappa shape index (κ3) is 4.28. The first-order chi connectivity index (χ1) is 12.5. The first kappa shape index (κ1) is 18.1. The molecule has 3 rings (SSSR count). The van der Waals surface area contributed by atoms with Gasteiger partial charge in [-0.2, -0.15) is 15.3 Å². The highest BCUT2D eigenvalue weighted by Gasteiger charge is 2.39. The van der Waals surface area contributed by atoms with Gasteiger partial charge in [-0.3, -0.25) is 14.3 Å². The molecule has 0 spiro atoms. The molecule has 0 saturated carbocycles. The van der Waals surface area contributed by atoms with Gasteiger partial charge in [0.05, 0.1) is 0 Å². The zero-order valence-corrected chi connectivity index (χ0v) is 15.1. The highest BCUT2D eigenvalue weighted by atomic mass is 16.2. The normalized spacial score (nSPS) is 17.6. The fourth-order valence-corrected chi connectivity index (χ4v) is 3.17. The summed E-state index contributed by atoms with van der Waals surface area (Å²) in [5.74, 6) is 2.75. The minimum Gasteiger partial charge on any atom is -0.337 e. The van der Waals surface area contributed by atoms with Gasteiger partial charge >= 0.3 is 0 Å². The summed E-state index contributed by atoms with van der Waals surface area (Å²) in [6, 6.07) is 1.63. The number of amides is 2. The van der Waals surface area contributed by atoms with Crippen LogP contribution >= 0.6 is 0 Å². The molecule has 0 aromatic carbocycles. The van der Waals surface area contributed by atoms with Crippen molar-refractivity contribution in [3.63, 3.8) is 0 Å². The van der Waals surface area contributed by atoms with Crippen LogP contribution in [-0.4, -0.2) is 45.2 Å². The Morgan fingerprint density at radius 3 is 2.65 bits per heavy atom. The number of hydrogen-bond acceptors (Lipinski definition) is 5. The Morgan fingerprint density at radius 2 is 2.00 bits per heavy atom. The van der Waals surface area contributed by atoms with E-state index in [1.165, 1.54) is 4.68 Å². The molecule has 8 nitrogen and oxygen atoms in total. The number of nitrogens with one attached hydrogen (secondary N) is 1. The molecule has 26 heavy (non-hydrogen) atoms. The summed E-state index contributed by atoms with van der Waals surface area (Å²) >= 11 is 0. The van der Waals surface area contributed by atoms with Crippen molar-refractivity contribution in [2.24, 2.45) is 17.3 Å². The number of anilines is 1. The van der Waals surface area contributed by atoms with Crippen molar-refractivity contribution >= 4 is 17.6 Å². The molecule has 1 aromatic heterocycles. The molecule has 0 unspecified atom stereocenters. The summed E-state index contributed by atoms with van der Waals surface area (Å²) in [6.45, 7) is 1.55. The van der Waals surface area contributed by atoms with Gasteiger partial charge in [-0.05, 0) is 19.3 Å². The van der Waals surface area contributed by atoms with Crippen LogP contribution in [0.15, 0.2) is 16.3 Å². The molecule has 0 radical (unpaired) electrons. The second-order valence-electron chi connectivity index (χ2n) is 6.83. The lowest BCUT2D eigenvalue weighted by Crippen LogP contribution is -2.36. The highest BCUT2D eigenvalue weighted by Crippen LogP contribution is 2.37. The Bertz CT molecular complexity index is 748. The molecule has 2 aliphatic rings. The number of terminal acetylenes is 1. The van der Waals surface area contributed by atoms with Gasteiger partial charge in [0.25, 0.3) is 5.91 Å². The van der Waals surface area contributed by atoms with E-state index in [4.69, 9.17) is 6.42 Å². The van der Waals surface area contributed by atoms with Crippen molar-refractivity contribution in [3.05, 3.63) is 11.8 Å². The van der Waals surface area contributed by atoms with Gasteiger partial charge in [0.15, 0.2) is 11.5 Å². The fourth-order valence-electron chi connectivity index (χ4n) is 3.17. The molecule has 1 saturated heterocycles. The minimum atomic E-state index is -0.469. The minimum absolute atomic E-state index is 0.0379. The number of hydrogen-bond donors (Lipinski definition) is 1. The van der Waals surface area contributed by atoms with E-state index in [0.29, 0.717) is 30.8 Å². The summed E-state index contributed by atoms with van der Waals surface area (Å²) in [7, 11) is 1.71. The van der Waals surface area contributed by atoms with Crippen molar-refractivity contribution < 1.29 is 9.59 Å². The Balaban J connectivity index is 1.53. The summed E-state index contributed by atoms with van der Waals surface area (Å²) in [6.07, 6.45) is 10.6. The molecular formula is C18H24N6O2. The number of carbonyl (C=O) groups excluding carboxylic acids is 2. The first-order valence-electron chi connectivity index (χ1n) is 9.04. The lowest BCUT2D eigenvalue weighted by atomic mass is 10.0. The predicted octanol–water partition coefficient (Wildman–Crippen LogP) is 2.34. The van der Waals surface area contributed by atoms with Crippen LogP contribution in [0.4, 0.5) is 5.82 Å². The predicted molar refractivity (Wildman–Crippen MR) is 96.5 cm³/mol. The maximum atomic E-state index is 12.6. The van der Waals surface area contributed by atoms with E-state index in [-0.39, 0.29) is 18.2 Å². The van der Waals surface area contributed by atoms with Gasteiger partial charge in [0, 0.05) is 51.9 Å². The molecule has 1 N–H and O–H groups in total. The SMILES string of the molecule is C#CCCC1(CCC(=O)Nc2cc(C(=O)N3CCCCC3)n(C)n2)N=N1. The average molecular weight is 356 g/mol. The molecule has 0 atom stereocenters. The molecule has 1 fully saturated rings. The van der Waals surface area contributed by atoms with Crippen LogP contribution < -0.4 is 5.32 Å². The van der Waals surface area contributed by atoms with E-state index < -0.39 is 5.66 Å². The number of rotatable bonds is 7. The highest BCUT2D eigenvalue weighted by molar-refractivity contribution is 5.95. The largest absolute Gasteiger partial charge is 0.337 e. The van der Waals surface area contributed by atoms with E-state index in [9.17, 15) is 9.59 Å². The molecule has 3 heterocycles. The second-order valence-corrected chi connectivity index (χ2v) is 6.83. The quantitative estimate of drug-likeness (QED) is 0.760. The van der Waals surface area contributed by atoms with E-state index >= 15 is 0 Å². The molecule has 0 aliphatic carbocycles. The Hall–Kier alpha value is -2.69. The fraction of sp³-hybridized carbons (Fsp3) is 0.611. The van der Waals surface area contributed by atoms with Gasteiger partial charge in [-0.1, -0.05) is 0 Å². The van der Waals surface area contributed by atoms with Crippen LogP contribution in [0.1, 0.15) is 55.4 Å². The first-order valence-corrected chi connectivity index (χ1v) is 9.04. The Kier molecular flexibility index (Phi) is 5.35. The average Bonchev–Trinajstić information content (AvgIpc) is 3.34. The monoisotopic (exact) mass is 356 g/mol. The van der Waals surface area contributed by atoms with Crippen LogP contribution in [0, 0.1) is 12.3 Å². The van der Waals surface area contributed by atoms with Crippen LogP contribution in [0.5, 0.6) is 0 Å². The molecule has 2 amide bonds. The number of piperidine rings is 1. The van der Waals surface area contributed by atoms with E-state index in [2.05, 4.69) is 26.6 Å². The standard InChI is InChI=1S/C18H24N6O2/c1-3-4-9-18(21-22-18)10-8-16(25)19-15-13-14(23(2)20-15)17(26)24-11-6-5-7-12-24/h1,13H,4-12H2,2H3,(H,19,20,25). The zero-order chi connectivity index (χ0) is 18.6. The zero-order valence-electron chi connectivity index (χ0n) is 15.1. The van der Waals surface area contributed by atoms with E-state index in [1.54, 1.807) is 13.1 Å². The van der Waals surface area contributed by atoms with Gasteiger partial charge in [0.2, 0.25) is 5.91 Å². The van der Waals surface area contributed by atoms with Crippen molar-refractivity contribution in [2.45, 2.75) is 50.6 Å². The van der Waals surface area contributed by atoms with Crippen molar-refractivity contribution in [1.82, 2.24) is 14.7 Å². The lowest BCUT2D eigenvalue weighted by Gasteiger charge is -2.26. The van der Waals surface area contributed by atoms with Crippen LogP contribution in [0.3, 0.4) is 0 Å². The van der Waals surface area contributed by atoms with Gasteiger partial charge in [-0.25, -0.2) is 0 Å². The Morgan fingerprint density at radius 1 is 1.27 bits per heavy atom. The third-order valence-corrected chi connectivity index (χ3v) is 4.81. The summed E-state index contributed by atoms with van der Waals surface area (Å²) in [5, 5.41) is 15.0. The third-order valence-electron chi connectivity index (χ3n) is 4.81. The number of carbonyl (C=O) groups is 2. The molecule has 138 valence electrons. The summed E-state index contributed by atoms with van der Waals surface area (Å²) in [5.41, 5.74) is 0.0170. The van der Waals surface area contributed by atoms with Crippen molar-refractivity contribution in [2.75, 3.05) is 18.4 Å². The maximum absolute atomic E-state index is 12.6. The van der Waals surface area contributed by atoms with Crippen LogP contribution in [0.25, 0.3) is 0 Å². The number of aryl methyl sites for hydroxylation is 1.